The third-order valence-electron chi connectivity index (χ3n) is 6.05. The lowest BCUT2D eigenvalue weighted by molar-refractivity contribution is -0.385. The van der Waals surface area contributed by atoms with Crippen LogP contribution in [0.5, 0.6) is 11.5 Å². The standard InChI is InChI=1S/C28H27ClN4O5/c1-6-38-25-11-17(4)22(14-21(25)16(2)3)27-31-23-10-8-7-9-20(23)28(34)32(27)30-15-18-12-19(29)13-24(33(35)36)26(18)37-5/h7-16H,6H2,1-5H3. The summed E-state index contributed by atoms with van der Waals surface area (Å²) in [6.45, 7) is 8.50. The van der Waals surface area contributed by atoms with Gasteiger partial charge >= 0.3 is 5.69 Å². The van der Waals surface area contributed by atoms with Gasteiger partial charge in [-0.2, -0.15) is 9.78 Å². The van der Waals surface area contributed by atoms with Crippen LogP contribution in [0.25, 0.3) is 22.3 Å². The number of para-hydroxylation sites is 1. The van der Waals surface area contributed by atoms with Crippen molar-refractivity contribution in [3.63, 3.8) is 0 Å². The summed E-state index contributed by atoms with van der Waals surface area (Å²) in [7, 11) is 1.32. The number of methoxy groups -OCH3 is 1. The van der Waals surface area contributed by atoms with Gasteiger partial charge in [-0.25, -0.2) is 4.98 Å². The summed E-state index contributed by atoms with van der Waals surface area (Å²) in [5.74, 6) is 1.22. The Morgan fingerprint density at radius 3 is 2.61 bits per heavy atom. The van der Waals surface area contributed by atoms with Crippen LogP contribution in [0.2, 0.25) is 5.02 Å². The Kier molecular flexibility index (Phi) is 7.78. The van der Waals surface area contributed by atoms with E-state index in [-0.39, 0.29) is 27.9 Å². The molecular formula is C28H27ClN4O5. The van der Waals surface area contributed by atoms with Gasteiger partial charge < -0.3 is 9.47 Å². The lowest BCUT2D eigenvalue weighted by Gasteiger charge is -2.18. The van der Waals surface area contributed by atoms with Crippen LogP contribution in [0.15, 0.2) is 58.4 Å². The molecule has 0 saturated heterocycles. The van der Waals surface area contributed by atoms with Crippen molar-refractivity contribution in [3.8, 4) is 22.9 Å². The molecule has 38 heavy (non-hydrogen) atoms. The van der Waals surface area contributed by atoms with E-state index < -0.39 is 10.5 Å². The van der Waals surface area contributed by atoms with Crippen LogP contribution in [0.1, 0.15) is 43.4 Å². The highest BCUT2D eigenvalue weighted by molar-refractivity contribution is 6.31. The zero-order valence-corrected chi connectivity index (χ0v) is 22.4. The van der Waals surface area contributed by atoms with Crippen molar-refractivity contribution in [2.45, 2.75) is 33.6 Å². The molecule has 4 aromatic rings. The van der Waals surface area contributed by atoms with Crippen LogP contribution in [0.3, 0.4) is 0 Å². The largest absolute Gasteiger partial charge is 0.494 e. The van der Waals surface area contributed by atoms with E-state index in [1.54, 1.807) is 18.2 Å². The van der Waals surface area contributed by atoms with Gasteiger partial charge in [0.2, 0.25) is 5.75 Å². The summed E-state index contributed by atoms with van der Waals surface area (Å²) in [4.78, 5) is 29.4. The lowest BCUT2D eigenvalue weighted by Crippen LogP contribution is -2.21. The summed E-state index contributed by atoms with van der Waals surface area (Å²) < 4.78 is 12.3. The maximum Gasteiger partial charge on any atom is 0.313 e. The van der Waals surface area contributed by atoms with E-state index in [0.717, 1.165) is 16.9 Å². The number of rotatable bonds is 8. The average Bonchev–Trinajstić information content (AvgIpc) is 2.88. The van der Waals surface area contributed by atoms with E-state index in [9.17, 15) is 14.9 Å². The number of benzene rings is 3. The summed E-state index contributed by atoms with van der Waals surface area (Å²) >= 11 is 6.14. The van der Waals surface area contributed by atoms with Crippen molar-refractivity contribution >= 4 is 34.4 Å². The van der Waals surface area contributed by atoms with Gasteiger partial charge in [-0.15, -0.1) is 0 Å². The van der Waals surface area contributed by atoms with E-state index in [1.807, 2.05) is 32.0 Å². The van der Waals surface area contributed by atoms with Gasteiger partial charge in [0.15, 0.2) is 5.82 Å². The van der Waals surface area contributed by atoms with Gasteiger partial charge in [0.05, 0.1) is 35.8 Å². The quantitative estimate of drug-likeness (QED) is 0.148. The molecule has 0 fully saturated rings. The van der Waals surface area contributed by atoms with Crippen molar-refractivity contribution in [1.29, 1.82) is 0 Å². The van der Waals surface area contributed by atoms with Crippen LogP contribution in [0, 0.1) is 17.0 Å². The third kappa shape index (κ3) is 5.10. The monoisotopic (exact) mass is 534 g/mol. The van der Waals surface area contributed by atoms with Gasteiger partial charge in [0, 0.05) is 22.2 Å². The fourth-order valence-corrected chi connectivity index (χ4v) is 4.47. The molecule has 10 heteroatoms. The molecule has 0 radical (unpaired) electrons. The minimum absolute atomic E-state index is 0.0224. The molecule has 1 aromatic heterocycles. The highest BCUT2D eigenvalue weighted by atomic mass is 35.5. The maximum absolute atomic E-state index is 13.7. The first-order chi connectivity index (χ1) is 18.2. The summed E-state index contributed by atoms with van der Waals surface area (Å²) in [5.41, 5.74) is 2.59. The molecule has 0 atom stereocenters. The molecule has 0 N–H and O–H groups in total. The van der Waals surface area contributed by atoms with Gasteiger partial charge in [-0.05, 0) is 61.2 Å². The smallest absolute Gasteiger partial charge is 0.313 e. The number of fused-ring (bicyclic) bond motifs is 1. The fraction of sp³-hybridized carbons (Fsp3) is 0.250. The fourth-order valence-electron chi connectivity index (χ4n) is 4.25. The molecule has 0 amide bonds. The number of halogens is 1. The highest BCUT2D eigenvalue weighted by Gasteiger charge is 2.21. The number of hydrogen-bond donors (Lipinski definition) is 0. The Bertz CT molecular complexity index is 1630. The predicted octanol–water partition coefficient (Wildman–Crippen LogP) is 6.35. The molecule has 0 aliphatic rings. The molecule has 0 spiro atoms. The van der Waals surface area contributed by atoms with Gasteiger partial charge in [0.25, 0.3) is 5.56 Å². The molecule has 0 bridgehead atoms. The van der Waals surface area contributed by atoms with Crippen LogP contribution in [0.4, 0.5) is 5.69 Å². The molecular weight excluding hydrogens is 508 g/mol. The number of nitro benzene ring substituents is 1. The minimum Gasteiger partial charge on any atom is -0.494 e. The molecule has 0 saturated carbocycles. The molecule has 4 rings (SSSR count). The second-order valence-electron chi connectivity index (χ2n) is 8.91. The molecule has 196 valence electrons. The summed E-state index contributed by atoms with van der Waals surface area (Å²) in [5, 5.41) is 16.5. The number of nitrogens with zero attached hydrogens (tertiary/aromatic N) is 4. The average molecular weight is 535 g/mol. The number of ether oxygens (including phenoxy) is 2. The topological polar surface area (TPSA) is 109 Å². The minimum atomic E-state index is -0.589. The van der Waals surface area contributed by atoms with Gasteiger partial charge in [-0.1, -0.05) is 37.6 Å². The predicted molar refractivity (Wildman–Crippen MR) is 149 cm³/mol. The van der Waals surface area contributed by atoms with Crippen molar-refractivity contribution < 1.29 is 14.4 Å². The second kappa shape index (κ2) is 11.0. The first-order valence-electron chi connectivity index (χ1n) is 12.0. The van der Waals surface area contributed by atoms with E-state index >= 15 is 0 Å². The summed E-state index contributed by atoms with van der Waals surface area (Å²) in [6, 6.07) is 13.6. The third-order valence-corrected chi connectivity index (χ3v) is 6.27. The first-order valence-corrected chi connectivity index (χ1v) is 12.4. The highest BCUT2D eigenvalue weighted by Crippen LogP contribution is 2.35. The van der Waals surface area contributed by atoms with Crippen molar-refractivity contribution in [3.05, 3.63) is 90.7 Å². The van der Waals surface area contributed by atoms with Crippen molar-refractivity contribution in [2.24, 2.45) is 5.10 Å². The van der Waals surface area contributed by atoms with E-state index in [0.29, 0.717) is 28.9 Å². The van der Waals surface area contributed by atoms with Crippen LogP contribution < -0.4 is 15.0 Å². The Morgan fingerprint density at radius 2 is 1.95 bits per heavy atom. The van der Waals surface area contributed by atoms with E-state index in [2.05, 4.69) is 18.9 Å². The molecule has 0 aliphatic carbocycles. The zero-order valence-electron chi connectivity index (χ0n) is 21.7. The number of nitro groups is 1. The molecule has 0 unspecified atom stereocenters. The molecule has 1 heterocycles. The Labute approximate surface area is 224 Å². The first kappa shape index (κ1) is 26.8. The van der Waals surface area contributed by atoms with E-state index in [1.165, 1.54) is 30.1 Å². The molecule has 3 aromatic carbocycles. The number of aryl methyl sites for hydroxylation is 1. The summed E-state index contributed by atoms with van der Waals surface area (Å²) in [6.07, 6.45) is 1.31. The maximum atomic E-state index is 13.7. The molecule has 9 nitrogen and oxygen atoms in total. The van der Waals surface area contributed by atoms with Crippen molar-refractivity contribution in [2.75, 3.05) is 13.7 Å². The zero-order chi connectivity index (χ0) is 27.6. The van der Waals surface area contributed by atoms with Gasteiger partial charge in [-0.3, -0.25) is 14.9 Å². The SMILES string of the molecule is CCOc1cc(C)c(-c2nc3ccccc3c(=O)n2N=Cc2cc(Cl)cc([N+](=O)[O-])c2OC)cc1C(C)C. The van der Waals surface area contributed by atoms with Crippen LogP contribution in [-0.4, -0.2) is 34.5 Å². The van der Waals surface area contributed by atoms with E-state index in [4.69, 9.17) is 26.1 Å². The van der Waals surface area contributed by atoms with Crippen molar-refractivity contribution in [1.82, 2.24) is 9.66 Å². The lowest BCUT2D eigenvalue weighted by atomic mass is 9.96. The van der Waals surface area contributed by atoms with Crippen LogP contribution >= 0.6 is 11.6 Å². The number of hydrogen-bond acceptors (Lipinski definition) is 7. The van der Waals surface area contributed by atoms with Gasteiger partial charge in [0.1, 0.15) is 5.75 Å². The Balaban J connectivity index is 2.01. The molecule has 0 aliphatic heterocycles. The van der Waals surface area contributed by atoms with Crippen LogP contribution in [-0.2, 0) is 0 Å². The Morgan fingerprint density at radius 1 is 1.21 bits per heavy atom. The number of aromatic nitrogens is 2. The second-order valence-corrected chi connectivity index (χ2v) is 9.35. The Hall–Kier alpha value is -4.24. The normalized spacial score (nSPS) is 11.4.